The van der Waals surface area contributed by atoms with Crippen molar-refractivity contribution in [1.29, 1.82) is 0 Å². The normalized spacial score (nSPS) is 11.7. The molecule has 5 nitrogen and oxygen atoms in total. The molecule has 1 aromatic carbocycles. The summed E-state index contributed by atoms with van der Waals surface area (Å²) in [4.78, 5) is 17.0. The van der Waals surface area contributed by atoms with Gasteiger partial charge in [0.1, 0.15) is 5.75 Å². The molecular weight excluding hydrogens is 343 g/mol. The number of thiazole rings is 1. The number of aryl methyl sites for hydroxylation is 1. The van der Waals surface area contributed by atoms with Crippen molar-refractivity contribution >= 4 is 22.0 Å². The van der Waals surface area contributed by atoms with Crippen LogP contribution in [0.5, 0.6) is 5.75 Å². The highest BCUT2D eigenvalue weighted by Gasteiger charge is 2.31. The molecule has 0 saturated heterocycles. The van der Waals surface area contributed by atoms with Gasteiger partial charge in [0, 0.05) is 28.9 Å². The van der Waals surface area contributed by atoms with Crippen LogP contribution in [-0.2, 0) is 6.54 Å². The molecule has 0 amide bonds. The van der Waals surface area contributed by atoms with Gasteiger partial charge in [-0.3, -0.25) is 9.20 Å². The van der Waals surface area contributed by atoms with E-state index in [0.717, 1.165) is 5.69 Å². The van der Waals surface area contributed by atoms with Crippen LogP contribution in [0.4, 0.5) is 18.9 Å². The Kier molecular flexibility index (Phi) is 4.18. The van der Waals surface area contributed by atoms with Crippen molar-refractivity contribution in [2.24, 2.45) is 0 Å². The fraction of sp³-hybridized carbons (Fsp3) is 0.200. The number of alkyl halides is 3. The van der Waals surface area contributed by atoms with Crippen molar-refractivity contribution < 1.29 is 17.9 Å². The number of nitrogens with one attached hydrogen (secondary N) is 1. The van der Waals surface area contributed by atoms with Crippen molar-refractivity contribution in [2.45, 2.75) is 19.8 Å². The third-order valence-electron chi connectivity index (χ3n) is 3.17. The first kappa shape index (κ1) is 16.3. The topological polar surface area (TPSA) is 55.6 Å². The maximum Gasteiger partial charge on any atom is 0.573 e. The lowest BCUT2D eigenvalue weighted by Crippen LogP contribution is -2.17. The van der Waals surface area contributed by atoms with Crippen LogP contribution in [0, 0.1) is 6.92 Å². The number of halogens is 3. The Labute approximate surface area is 138 Å². The van der Waals surface area contributed by atoms with E-state index in [-0.39, 0.29) is 17.9 Å². The van der Waals surface area contributed by atoms with E-state index < -0.39 is 6.36 Å². The van der Waals surface area contributed by atoms with Gasteiger partial charge in [-0.15, -0.1) is 24.5 Å². The van der Waals surface area contributed by atoms with Crippen LogP contribution in [0.1, 0.15) is 11.4 Å². The molecule has 24 heavy (non-hydrogen) atoms. The van der Waals surface area contributed by atoms with Crippen LogP contribution < -0.4 is 15.6 Å². The van der Waals surface area contributed by atoms with Gasteiger partial charge >= 0.3 is 6.36 Å². The second-order valence-corrected chi connectivity index (χ2v) is 5.85. The van der Waals surface area contributed by atoms with Gasteiger partial charge in [0.15, 0.2) is 4.96 Å². The predicted octanol–water partition coefficient (Wildman–Crippen LogP) is 3.58. The molecule has 0 fully saturated rings. The van der Waals surface area contributed by atoms with E-state index in [1.165, 1.54) is 40.0 Å². The van der Waals surface area contributed by atoms with Gasteiger partial charge < -0.3 is 10.1 Å². The minimum Gasteiger partial charge on any atom is -0.406 e. The highest BCUT2D eigenvalue weighted by Crippen LogP contribution is 2.25. The van der Waals surface area contributed by atoms with Gasteiger partial charge in [0.05, 0.1) is 12.2 Å². The first-order valence-corrected chi connectivity index (χ1v) is 7.76. The molecule has 2 aromatic heterocycles. The second kappa shape index (κ2) is 6.16. The molecule has 0 atom stereocenters. The molecule has 3 aromatic rings. The van der Waals surface area contributed by atoms with Gasteiger partial charge in [-0.05, 0) is 19.1 Å². The molecule has 9 heteroatoms. The van der Waals surface area contributed by atoms with Crippen LogP contribution in [-0.4, -0.2) is 15.7 Å². The van der Waals surface area contributed by atoms with Gasteiger partial charge in [-0.25, -0.2) is 4.98 Å². The van der Waals surface area contributed by atoms with E-state index in [9.17, 15) is 18.0 Å². The van der Waals surface area contributed by atoms with Crippen molar-refractivity contribution in [3.05, 3.63) is 57.5 Å². The van der Waals surface area contributed by atoms with Gasteiger partial charge in [0.25, 0.3) is 5.56 Å². The number of anilines is 1. The molecule has 0 radical (unpaired) electrons. The largest absolute Gasteiger partial charge is 0.573 e. The molecule has 126 valence electrons. The summed E-state index contributed by atoms with van der Waals surface area (Å²) in [5, 5.41) is 4.76. The summed E-state index contributed by atoms with van der Waals surface area (Å²) < 4.78 is 42.1. The van der Waals surface area contributed by atoms with E-state index in [2.05, 4.69) is 15.0 Å². The lowest BCUT2D eigenvalue weighted by Gasteiger charge is -2.11. The average Bonchev–Trinajstić information content (AvgIpc) is 2.86. The second-order valence-electron chi connectivity index (χ2n) is 5.01. The highest BCUT2D eigenvalue weighted by molar-refractivity contribution is 7.15. The number of hydrogen-bond acceptors (Lipinski definition) is 5. The molecule has 2 heterocycles. The zero-order valence-corrected chi connectivity index (χ0v) is 13.2. The molecule has 0 aliphatic heterocycles. The summed E-state index contributed by atoms with van der Waals surface area (Å²) >= 11 is 1.35. The Hall–Kier alpha value is -2.55. The van der Waals surface area contributed by atoms with E-state index >= 15 is 0 Å². The van der Waals surface area contributed by atoms with Crippen LogP contribution in [0.15, 0.2) is 40.5 Å². The van der Waals surface area contributed by atoms with E-state index in [4.69, 9.17) is 0 Å². The SMILES string of the molecule is Cc1csc2nc(CNc3cccc(OC(F)(F)F)c3)cc(=O)n12. The summed E-state index contributed by atoms with van der Waals surface area (Å²) in [6, 6.07) is 6.88. The van der Waals surface area contributed by atoms with Crippen molar-refractivity contribution in [1.82, 2.24) is 9.38 Å². The monoisotopic (exact) mass is 355 g/mol. The lowest BCUT2D eigenvalue weighted by atomic mass is 10.3. The van der Waals surface area contributed by atoms with Gasteiger partial charge in [-0.2, -0.15) is 0 Å². The minimum atomic E-state index is -4.74. The smallest absolute Gasteiger partial charge is 0.406 e. The minimum absolute atomic E-state index is 0.190. The first-order valence-electron chi connectivity index (χ1n) is 6.88. The summed E-state index contributed by atoms with van der Waals surface area (Å²) in [7, 11) is 0. The Morgan fingerprint density at radius 1 is 1.33 bits per heavy atom. The molecule has 1 N–H and O–H groups in total. The van der Waals surface area contributed by atoms with Crippen molar-refractivity contribution in [2.75, 3.05) is 5.32 Å². The van der Waals surface area contributed by atoms with E-state index in [1.807, 2.05) is 12.3 Å². The summed E-state index contributed by atoms with van der Waals surface area (Å²) in [5.74, 6) is -0.315. The molecule has 0 bridgehead atoms. The fourth-order valence-corrected chi connectivity index (χ4v) is 3.08. The Bertz CT molecular complexity index is 934. The molecule has 0 spiro atoms. The van der Waals surface area contributed by atoms with Gasteiger partial charge in [-0.1, -0.05) is 6.07 Å². The van der Waals surface area contributed by atoms with Crippen LogP contribution in [0.2, 0.25) is 0 Å². The number of hydrogen-bond donors (Lipinski definition) is 1. The zero-order valence-electron chi connectivity index (χ0n) is 12.4. The zero-order chi connectivity index (χ0) is 17.3. The number of aromatic nitrogens is 2. The van der Waals surface area contributed by atoms with Crippen molar-refractivity contribution in [3.8, 4) is 5.75 Å². The quantitative estimate of drug-likeness (QED) is 0.777. The van der Waals surface area contributed by atoms with Crippen LogP contribution >= 0.6 is 11.3 Å². The third-order valence-corrected chi connectivity index (χ3v) is 4.11. The Morgan fingerprint density at radius 2 is 2.12 bits per heavy atom. The molecule has 0 aliphatic rings. The standard InChI is InChI=1S/C15H12F3N3O2S/c1-9-8-24-14-20-11(6-13(22)21(9)14)7-19-10-3-2-4-12(5-10)23-15(16,17)18/h2-6,8,19H,7H2,1H3. The van der Waals surface area contributed by atoms with Crippen LogP contribution in [0.25, 0.3) is 4.96 Å². The summed E-state index contributed by atoms with van der Waals surface area (Å²) in [6.07, 6.45) is -4.74. The highest BCUT2D eigenvalue weighted by atomic mass is 32.1. The van der Waals surface area contributed by atoms with Gasteiger partial charge in [0.2, 0.25) is 0 Å². The molecule has 0 saturated carbocycles. The third kappa shape index (κ3) is 3.67. The predicted molar refractivity (Wildman–Crippen MR) is 84.5 cm³/mol. The number of fused-ring (bicyclic) bond motifs is 1. The maximum atomic E-state index is 12.2. The molecular formula is C15H12F3N3O2S. The number of rotatable bonds is 4. The number of ether oxygens (including phenoxy) is 1. The number of benzene rings is 1. The summed E-state index contributed by atoms with van der Waals surface area (Å²) in [6.45, 7) is 2.02. The van der Waals surface area contributed by atoms with E-state index in [1.54, 1.807) is 6.07 Å². The average molecular weight is 355 g/mol. The maximum absolute atomic E-state index is 12.2. The molecule has 0 unspecified atom stereocenters. The fourth-order valence-electron chi connectivity index (χ4n) is 2.19. The number of nitrogens with zero attached hydrogens (tertiary/aromatic N) is 2. The van der Waals surface area contributed by atoms with E-state index in [0.29, 0.717) is 16.3 Å². The van der Waals surface area contributed by atoms with Crippen LogP contribution in [0.3, 0.4) is 0 Å². The molecule has 0 aliphatic carbocycles. The lowest BCUT2D eigenvalue weighted by molar-refractivity contribution is -0.274. The summed E-state index contributed by atoms with van der Waals surface area (Å²) in [5.41, 5.74) is 1.55. The Balaban J connectivity index is 1.76. The first-order chi connectivity index (χ1) is 11.3. The Morgan fingerprint density at radius 3 is 2.88 bits per heavy atom. The van der Waals surface area contributed by atoms with Crippen molar-refractivity contribution in [3.63, 3.8) is 0 Å². The molecule has 3 rings (SSSR count).